The Morgan fingerprint density at radius 2 is 2.33 bits per heavy atom. The minimum absolute atomic E-state index is 0.353. The second-order valence-electron chi connectivity index (χ2n) is 1.69. The van der Waals surface area contributed by atoms with Gasteiger partial charge in [-0.1, -0.05) is 0 Å². The number of carboxylic acids is 1. The molecule has 0 heterocycles. The summed E-state index contributed by atoms with van der Waals surface area (Å²) in [4.78, 5) is 10.0. The van der Waals surface area contributed by atoms with Gasteiger partial charge in [-0.25, -0.2) is 0 Å². The van der Waals surface area contributed by atoms with Crippen LogP contribution in [-0.2, 0) is 4.79 Å². The van der Waals surface area contributed by atoms with Crippen molar-refractivity contribution >= 4 is 5.97 Å². The summed E-state index contributed by atoms with van der Waals surface area (Å²) in [5.41, 5.74) is 7.42. The lowest BCUT2D eigenvalue weighted by molar-refractivity contribution is -0.138. The van der Waals surface area contributed by atoms with Crippen molar-refractivity contribution in [2.45, 2.75) is 12.5 Å². The van der Waals surface area contributed by atoms with E-state index in [9.17, 15) is 4.79 Å². The van der Waals surface area contributed by atoms with E-state index in [0.717, 1.165) is 0 Å². The third-order valence-electron chi connectivity index (χ3n) is 0.917. The molecule has 0 aromatic carbocycles. The van der Waals surface area contributed by atoms with E-state index in [1.54, 1.807) is 0 Å². The highest BCUT2D eigenvalue weighted by atomic mass is 16.4. The molecule has 0 radical (unpaired) electrons. The van der Waals surface area contributed by atoms with Crippen LogP contribution in [0.2, 0.25) is 0 Å². The molecule has 0 aliphatic heterocycles. The third kappa shape index (κ3) is 3.89. The number of carbonyl (C=O) groups is 1. The first-order chi connectivity index (χ1) is 4.18. The zero-order valence-electron chi connectivity index (χ0n) is 5.00. The normalized spacial score (nSPS) is 13.1. The minimum atomic E-state index is -0.995. The van der Waals surface area contributed by atoms with E-state index in [2.05, 4.69) is 5.43 Å². The molecule has 0 saturated carbocycles. The maximum atomic E-state index is 10.0. The van der Waals surface area contributed by atoms with Gasteiger partial charge in [0.15, 0.2) is 0 Å². The smallest absolute Gasteiger partial charge is 0.320 e. The van der Waals surface area contributed by atoms with Crippen LogP contribution in [0.25, 0.3) is 0 Å². The number of hydrogen-bond acceptors (Lipinski definition) is 4. The van der Waals surface area contributed by atoms with Crippen molar-refractivity contribution in [2.75, 3.05) is 6.54 Å². The first-order valence-electron chi connectivity index (χ1n) is 2.60. The van der Waals surface area contributed by atoms with Crippen molar-refractivity contribution in [1.82, 2.24) is 5.43 Å². The zero-order valence-corrected chi connectivity index (χ0v) is 5.00. The second-order valence-corrected chi connectivity index (χ2v) is 1.69. The maximum Gasteiger partial charge on any atom is 0.320 e. The van der Waals surface area contributed by atoms with E-state index in [1.807, 2.05) is 0 Å². The highest BCUT2D eigenvalue weighted by Crippen LogP contribution is 1.83. The van der Waals surface area contributed by atoms with Gasteiger partial charge in [0.05, 0.1) is 0 Å². The van der Waals surface area contributed by atoms with Gasteiger partial charge in [0.1, 0.15) is 6.04 Å². The predicted molar refractivity (Wildman–Crippen MR) is 32.4 cm³/mol. The van der Waals surface area contributed by atoms with E-state index in [0.29, 0.717) is 13.0 Å². The average molecular weight is 133 g/mol. The summed E-state index contributed by atoms with van der Waals surface area (Å²) in [6.45, 7) is 0.424. The van der Waals surface area contributed by atoms with Crippen LogP contribution in [0.5, 0.6) is 0 Å². The number of nitrogens with one attached hydrogen (secondary N) is 1. The molecule has 9 heavy (non-hydrogen) atoms. The SMILES string of the molecule is NNCC[C@@H](N)C(=O)O. The molecule has 0 rings (SSSR count). The van der Waals surface area contributed by atoms with Gasteiger partial charge in [0, 0.05) is 6.54 Å². The quantitative estimate of drug-likeness (QED) is 0.269. The average Bonchev–Trinajstić information content (AvgIpc) is 1.82. The van der Waals surface area contributed by atoms with Gasteiger partial charge >= 0.3 is 5.97 Å². The maximum absolute atomic E-state index is 10.0. The molecular weight excluding hydrogens is 122 g/mol. The Kier molecular flexibility index (Phi) is 3.94. The highest BCUT2D eigenvalue weighted by Gasteiger charge is 2.08. The molecule has 5 heteroatoms. The van der Waals surface area contributed by atoms with E-state index < -0.39 is 12.0 Å². The summed E-state index contributed by atoms with van der Waals surface area (Å²) in [5.74, 6) is 3.88. The monoisotopic (exact) mass is 133 g/mol. The van der Waals surface area contributed by atoms with Crippen LogP contribution in [0.1, 0.15) is 6.42 Å². The van der Waals surface area contributed by atoms with Gasteiger partial charge in [-0.15, -0.1) is 0 Å². The van der Waals surface area contributed by atoms with Gasteiger partial charge in [-0.3, -0.25) is 16.1 Å². The van der Waals surface area contributed by atoms with Crippen molar-refractivity contribution in [3.63, 3.8) is 0 Å². The fourth-order valence-electron chi connectivity index (χ4n) is 0.362. The summed E-state index contributed by atoms with van der Waals surface area (Å²) in [6.07, 6.45) is 0.353. The molecule has 0 aromatic rings. The van der Waals surface area contributed by atoms with Crippen LogP contribution < -0.4 is 17.0 Å². The molecular formula is C4H11N3O2. The Balaban J connectivity index is 3.27. The van der Waals surface area contributed by atoms with Gasteiger partial charge in [-0.2, -0.15) is 0 Å². The van der Waals surface area contributed by atoms with E-state index in [4.69, 9.17) is 16.7 Å². The van der Waals surface area contributed by atoms with Crippen LogP contribution >= 0.6 is 0 Å². The topological polar surface area (TPSA) is 101 Å². The number of hydrazine groups is 1. The Hall–Kier alpha value is -0.650. The molecule has 1 atom stereocenters. The van der Waals surface area contributed by atoms with Crippen molar-refractivity contribution in [3.05, 3.63) is 0 Å². The first-order valence-corrected chi connectivity index (χ1v) is 2.60. The van der Waals surface area contributed by atoms with Crippen molar-refractivity contribution in [1.29, 1.82) is 0 Å². The van der Waals surface area contributed by atoms with Crippen LogP contribution in [0.3, 0.4) is 0 Å². The number of rotatable bonds is 4. The van der Waals surface area contributed by atoms with Crippen LogP contribution in [-0.4, -0.2) is 23.7 Å². The lowest BCUT2D eigenvalue weighted by Gasteiger charge is -2.03. The summed E-state index contributed by atoms with van der Waals surface area (Å²) in [6, 6.07) is -0.805. The number of aliphatic carboxylic acids is 1. The molecule has 0 aliphatic carbocycles. The van der Waals surface area contributed by atoms with E-state index in [1.165, 1.54) is 0 Å². The third-order valence-corrected chi connectivity index (χ3v) is 0.917. The summed E-state index contributed by atoms with van der Waals surface area (Å²) in [5, 5.41) is 8.22. The van der Waals surface area contributed by atoms with Crippen molar-refractivity contribution < 1.29 is 9.90 Å². The molecule has 0 spiro atoms. The van der Waals surface area contributed by atoms with Crippen LogP contribution in [0.4, 0.5) is 0 Å². The fraction of sp³-hybridized carbons (Fsp3) is 0.750. The molecule has 0 fully saturated rings. The summed E-state index contributed by atoms with van der Waals surface area (Å²) >= 11 is 0. The molecule has 0 amide bonds. The summed E-state index contributed by atoms with van der Waals surface area (Å²) in [7, 11) is 0. The molecule has 54 valence electrons. The van der Waals surface area contributed by atoms with E-state index in [-0.39, 0.29) is 0 Å². The van der Waals surface area contributed by atoms with Gasteiger partial charge < -0.3 is 10.8 Å². The van der Waals surface area contributed by atoms with Crippen LogP contribution in [0, 0.1) is 0 Å². The molecule has 5 nitrogen and oxygen atoms in total. The fourth-order valence-corrected chi connectivity index (χ4v) is 0.362. The molecule has 0 saturated heterocycles. The van der Waals surface area contributed by atoms with Gasteiger partial charge in [0.25, 0.3) is 0 Å². The molecule has 0 bridgehead atoms. The van der Waals surface area contributed by atoms with E-state index >= 15 is 0 Å². The lowest BCUT2D eigenvalue weighted by Crippen LogP contribution is -2.35. The standard InChI is InChI=1S/C4H11N3O2/c5-3(4(8)9)1-2-7-6/h3,7H,1-2,5-6H2,(H,8,9)/t3-/m1/s1. The Morgan fingerprint density at radius 1 is 1.78 bits per heavy atom. The highest BCUT2D eigenvalue weighted by molar-refractivity contribution is 5.72. The lowest BCUT2D eigenvalue weighted by atomic mass is 10.2. The Morgan fingerprint density at radius 3 is 2.67 bits per heavy atom. The summed E-state index contributed by atoms with van der Waals surface area (Å²) < 4.78 is 0. The van der Waals surface area contributed by atoms with Crippen molar-refractivity contribution in [2.24, 2.45) is 11.6 Å². The first kappa shape index (κ1) is 8.35. The molecule has 0 unspecified atom stereocenters. The predicted octanol–water partition coefficient (Wildman–Crippen LogP) is -1.75. The largest absolute Gasteiger partial charge is 0.480 e. The van der Waals surface area contributed by atoms with Crippen LogP contribution in [0.15, 0.2) is 0 Å². The Labute approximate surface area is 53.0 Å². The number of nitrogens with two attached hydrogens (primary N) is 2. The molecule has 0 aromatic heterocycles. The Bertz CT molecular complexity index is 95.8. The second kappa shape index (κ2) is 4.25. The zero-order chi connectivity index (χ0) is 7.28. The van der Waals surface area contributed by atoms with Gasteiger partial charge in [0.2, 0.25) is 0 Å². The molecule has 0 aliphatic rings. The molecule has 6 N–H and O–H groups in total. The van der Waals surface area contributed by atoms with Crippen molar-refractivity contribution in [3.8, 4) is 0 Å². The number of carboxylic acid groups (broad SMARTS) is 1. The minimum Gasteiger partial charge on any atom is -0.480 e. The number of hydrogen-bond donors (Lipinski definition) is 4. The van der Waals surface area contributed by atoms with Gasteiger partial charge in [-0.05, 0) is 6.42 Å².